The highest BCUT2D eigenvalue weighted by Crippen LogP contribution is 2.25. The van der Waals surface area contributed by atoms with Gasteiger partial charge in [0.1, 0.15) is 6.10 Å². The van der Waals surface area contributed by atoms with Gasteiger partial charge in [0.05, 0.1) is 5.92 Å². The number of carbonyl (C=O) groups is 2. The molecule has 0 heterocycles. The van der Waals surface area contributed by atoms with Gasteiger partial charge in [0, 0.05) is 0 Å². The van der Waals surface area contributed by atoms with Gasteiger partial charge in [-0.2, -0.15) is 0 Å². The summed E-state index contributed by atoms with van der Waals surface area (Å²) in [5.74, 6) is -1.07. The SMILES string of the molecule is CC(C)C(=O)OC(C)(C)C(=O)OC1CCC1. The van der Waals surface area contributed by atoms with Crippen LogP contribution in [0.3, 0.4) is 0 Å². The van der Waals surface area contributed by atoms with Crippen molar-refractivity contribution in [2.75, 3.05) is 0 Å². The number of esters is 2. The molecule has 0 spiro atoms. The van der Waals surface area contributed by atoms with Crippen LogP contribution < -0.4 is 0 Å². The molecule has 0 saturated heterocycles. The highest BCUT2D eigenvalue weighted by molar-refractivity contribution is 5.83. The molecule has 1 fully saturated rings. The normalized spacial score (nSPS) is 16.8. The van der Waals surface area contributed by atoms with Crippen LogP contribution >= 0.6 is 0 Å². The Labute approximate surface area is 96.3 Å². The van der Waals surface area contributed by atoms with E-state index < -0.39 is 11.6 Å². The van der Waals surface area contributed by atoms with E-state index in [0.717, 1.165) is 19.3 Å². The monoisotopic (exact) mass is 228 g/mol. The summed E-state index contributed by atoms with van der Waals surface area (Å²) in [4.78, 5) is 23.1. The zero-order valence-electron chi connectivity index (χ0n) is 10.4. The molecule has 1 rings (SSSR count). The minimum absolute atomic E-state index is 0.0181. The van der Waals surface area contributed by atoms with Gasteiger partial charge in [0.15, 0.2) is 0 Å². The van der Waals surface area contributed by atoms with Crippen molar-refractivity contribution in [3.8, 4) is 0 Å². The second-order valence-electron chi connectivity index (χ2n) is 5.04. The first-order valence-electron chi connectivity index (χ1n) is 5.77. The number of carbonyl (C=O) groups excluding carboxylic acids is 2. The summed E-state index contributed by atoms with van der Waals surface area (Å²) in [5, 5.41) is 0. The summed E-state index contributed by atoms with van der Waals surface area (Å²) in [6.45, 7) is 6.59. The van der Waals surface area contributed by atoms with Crippen LogP contribution in [0, 0.1) is 5.92 Å². The van der Waals surface area contributed by atoms with Gasteiger partial charge in [-0.25, -0.2) is 4.79 Å². The van der Waals surface area contributed by atoms with Crippen LogP contribution in [0.4, 0.5) is 0 Å². The Hall–Kier alpha value is -1.06. The minimum Gasteiger partial charge on any atom is -0.459 e. The Morgan fingerprint density at radius 2 is 1.81 bits per heavy atom. The fourth-order valence-electron chi connectivity index (χ4n) is 1.19. The van der Waals surface area contributed by atoms with E-state index in [2.05, 4.69) is 0 Å². The zero-order valence-corrected chi connectivity index (χ0v) is 10.4. The highest BCUT2D eigenvalue weighted by atomic mass is 16.6. The molecule has 16 heavy (non-hydrogen) atoms. The van der Waals surface area contributed by atoms with Crippen LogP contribution in [0.15, 0.2) is 0 Å². The van der Waals surface area contributed by atoms with Gasteiger partial charge in [0.25, 0.3) is 0 Å². The minimum atomic E-state index is -1.18. The second-order valence-corrected chi connectivity index (χ2v) is 5.04. The molecule has 0 radical (unpaired) electrons. The van der Waals surface area contributed by atoms with Crippen molar-refractivity contribution in [1.82, 2.24) is 0 Å². The summed E-state index contributed by atoms with van der Waals surface area (Å²) in [6.07, 6.45) is 2.95. The van der Waals surface area contributed by atoms with E-state index in [1.807, 2.05) is 0 Å². The molecule has 4 nitrogen and oxygen atoms in total. The first-order chi connectivity index (χ1) is 7.33. The summed E-state index contributed by atoms with van der Waals surface area (Å²) in [6, 6.07) is 0. The summed E-state index contributed by atoms with van der Waals surface area (Å²) in [5.41, 5.74) is -1.18. The third-order valence-electron chi connectivity index (χ3n) is 2.64. The summed E-state index contributed by atoms with van der Waals surface area (Å²) >= 11 is 0. The Kier molecular flexibility index (Phi) is 3.94. The molecule has 0 bridgehead atoms. The van der Waals surface area contributed by atoms with E-state index >= 15 is 0 Å². The van der Waals surface area contributed by atoms with Crippen LogP contribution in [0.5, 0.6) is 0 Å². The molecule has 0 atom stereocenters. The number of rotatable bonds is 4. The topological polar surface area (TPSA) is 52.6 Å². The maximum atomic E-state index is 11.7. The van der Waals surface area contributed by atoms with Crippen molar-refractivity contribution in [3.05, 3.63) is 0 Å². The van der Waals surface area contributed by atoms with Gasteiger partial charge in [-0.05, 0) is 33.1 Å². The third kappa shape index (κ3) is 3.22. The van der Waals surface area contributed by atoms with Crippen LogP contribution in [-0.4, -0.2) is 23.6 Å². The van der Waals surface area contributed by atoms with Gasteiger partial charge in [-0.15, -0.1) is 0 Å². The maximum Gasteiger partial charge on any atom is 0.350 e. The van der Waals surface area contributed by atoms with Gasteiger partial charge in [-0.3, -0.25) is 4.79 Å². The fourth-order valence-corrected chi connectivity index (χ4v) is 1.19. The molecule has 0 unspecified atom stereocenters. The largest absolute Gasteiger partial charge is 0.459 e. The molecule has 0 amide bonds. The third-order valence-corrected chi connectivity index (χ3v) is 2.64. The molecule has 4 heteroatoms. The molecule has 1 saturated carbocycles. The smallest absolute Gasteiger partial charge is 0.350 e. The van der Waals surface area contributed by atoms with Crippen LogP contribution in [0.25, 0.3) is 0 Å². The lowest BCUT2D eigenvalue weighted by Gasteiger charge is -2.30. The van der Waals surface area contributed by atoms with Gasteiger partial charge >= 0.3 is 11.9 Å². The maximum absolute atomic E-state index is 11.7. The standard InChI is InChI=1S/C12H20O4/c1-8(2)10(13)16-12(3,4)11(14)15-9-6-5-7-9/h8-9H,5-7H2,1-4H3. The Morgan fingerprint density at radius 1 is 1.25 bits per heavy atom. The van der Waals surface area contributed by atoms with E-state index in [9.17, 15) is 9.59 Å². The average molecular weight is 228 g/mol. The second kappa shape index (κ2) is 4.85. The van der Waals surface area contributed by atoms with Gasteiger partial charge < -0.3 is 9.47 Å². The average Bonchev–Trinajstić information content (AvgIpc) is 2.09. The quantitative estimate of drug-likeness (QED) is 0.691. The lowest BCUT2D eigenvalue weighted by Crippen LogP contribution is -2.42. The van der Waals surface area contributed by atoms with Crippen molar-refractivity contribution in [3.63, 3.8) is 0 Å². The summed E-state index contributed by atoms with van der Waals surface area (Å²) in [7, 11) is 0. The number of hydrogen-bond acceptors (Lipinski definition) is 4. The molecule has 0 aromatic rings. The summed E-state index contributed by atoms with van der Waals surface area (Å²) < 4.78 is 10.3. The molecular formula is C12H20O4. The molecule has 0 aromatic carbocycles. The van der Waals surface area contributed by atoms with Crippen LogP contribution in [0.1, 0.15) is 47.0 Å². The van der Waals surface area contributed by atoms with Crippen molar-refractivity contribution < 1.29 is 19.1 Å². The number of hydrogen-bond donors (Lipinski definition) is 0. The Balaban J connectivity index is 2.47. The molecule has 0 aromatic heterocycles. The van der Waals surface area contributed by atoms with E-state index in [1.165, 1.54) is 0 Å². The van der Waals surface area contributed by atoms with Crippen LogP contribution in [0.2, 0.25) is 0 Å². The van der Waals surface area contributed by atoms with E-state index in [1.54, 1.807) is 27.7 Å². The predicted octanol–water partition coefficient (Wildman–Crippen LogP) is 2.06. The molecule has 92 valence electrons. The lowest BCUT2D eigenvalue weighted by molar-refractivity contribution is -0.186. The fraction of sp³-hybridized carbons (Fsp3) is 0.833. The molecule has 1 aliphatic rings. The Morgan fingerprint density at radius 3 is 2.19 bits per heavy atom. The molecule has 0 aliphatic heterocycles. The molecule has 1 aliphatic carbocycles. The van der Waals surface area contributed by atoms with Crippen LogP contribution in [-0.2, 0) is 19.1 Å². The first-order valence-corrected chi connectivity index (χ1v) is 5.77. The number of ether oxygens (including phenoxy) is 2. The van der Waals surface area contributed by atoms with Crippen molar-refractivity contribution in [2.24, 2.45) is 5.92 Å². The highest BCUT2D eigenvalue weighted by Gasteiger charge is 2.37. The molecule has 0 N–H and O–H groups in total. The lowest BCUT2D eigenvalue weighted by atomic mass is 9.96. The van der Waals surface area contributed by atoms with Gasteiger partial charge in [-0.1, -0.05) is 13.8 Å². The van der Waals surface area contributed by atoms with E-state index in [4.69, 9.17) is 9.47 Å². The van der Waals surface area contributed by atoms with E-state index in [0.29, 0.717) is 0 Å². The predicted molar refractivity (Wildman–Crippen MR) is 58.7 cm³/mol. The molecular weight excluding hydrogens is 208 g/mol. The van der Waals surface area contributed by atoms with Crippen molar-refractivity contribution in [1.29, 1.82) is 0 Å². The Bertz CT molecular complexity index is 277. The van der Waals surface area contributed by atoms with Crippen molar-refractivity contribution in [2.45, 2.75) is 58.7 Å². The zero-order chi connectivity index (χ0) is 12.3. The van der Waals surface area contributed by atoms with E-state index in [-0.39, 0.29) is 18.0 Å². The van der Waals surface area contributed by atoms with Gasteiger partial charge in [0.2, 0.25) is 5.60 Å². The first kappa shape index (κ1) is 13.0. The van der Waals surface area contributed by atoms with Crippen molar-refractivity contribution >= 4 is 11.9 Å².